The van der Waals surface area contributed by atoms with E-state index in [9.17, 15) is 13.2 Å². The second kappa shape index (κ2) is 9.41. The first kappa shape index (κ1) is 22.0. The first-order chi connectivity index (χ1) is 14.3. The molecule has 156 valence electrons. The topological polar surface area (TPSA) is 67.3 Å². The first-order valence-electron chi connectivity index (χ1n) is 9.53. The summed E-state index contributed by atoms with van der Waals surface area (Å²) >= 11 is 6.28. The number of nitrogens with zero attached hydrogens (tertiary/aromatic N) is 2. The van der Waals surface area contributed by atoms with E-state index >= 15 is 0 Å². The number of sulfone groups is 1. The maximum atomic E-state index is 13.4. The fourth-order valence-corrected chi connectivity index (χ4v) is 3.93. The predicted molar refractivity (Wildman–Crippen MR) is 118 cm³/mol. The summed E-state index contributed by atoms with van der Waals surface area (Å²) in [6, 6.07) is 16.0. The molecule has 0 saturated carbocycles. The lowest BCUT2D eigenvalue weighted by Gasteiger charge is -2.24. The molecule has 0 aliphatic carbocycles. The molecule has 0 N–H and O–H groups in total. The smallest absolute Gasteiger partial charge is 0.256 e. The average molecular weight is 443 g/mol. The van der Waals surface area contributed by atoms with Crippen LogP contribution in [0.1, 0.15) is 34.0 Å². The van der Waals surface area contributed by atoms with Crippen molar-refractivity contribution in [3.8, 4) is 0 Å². The number of carbonyl (C=O) groups excluding carboxylic acids is 1. The van der Waals surface area contributed by atoms with E-state index in [2.05, 4.69) is 11.9 Å². The van der Waals surface area contributed by atoms with Crippen LogP contribution in [0.4, 0.5) is 0 Å². The highest BCUT2D eigenvalue weighted by Gasteiger charge is 2.21. The Bertz CT molecular complexity index is 1130. The summed E-state index contributed by atoms with van der Waals surface area (Å²) in [4.78, 5) is 19.2. The molecule has 0 unspecified atom stereocenters. The van der Waals surface area contributed by atoms with Gasteiger partial charge < -0.3 is 4.90 Å². The second-order valence-electron chi connectivity index (χ2n) is 7.11. The van der Waals surface area contributed by atoms with Crippen LogP contribution in [0.3, 0.4) is 0 Å². The molecule has 0 aliphatic rings. The van der Waals surface area contributed by atoms with Crippen LogP contribution in [0.25, 0.3) is 0 Å². The monoisotopic (exact) mass is 442 g/mol. The van der Waals surface area contributed by atoms with Crippen LogP contribution < -0.4 is 0 Å². The van der Waals surface area contributed by atoms with Crippen LogP contribution in [-0.2, 0) is 29.3 Å². The van der Waals surface area contributed by atoms with Gasteiger partial charge in [0.1, 0.15) is 0 Å². The molecule has 5 nitrogen and oxygen atoms in total. The summed E-state index contributed by atoms with van der Waals surface area (Å²) in [5, 5.41) is 0.213. The molecule has 1 aromatic heterocycles. The Labute approximate surface area is 182 Å². The van der Waals surface area contributed by atoms with Gasteiger partial charge in [0.2, 0.25) is 0 Å². The lowest BCUT2D eigenvalue weighted by molar-refractivity contribution is 0.0730. The molecule has 0 saturated heterocycles. The number of hydrogen-bond donors (Lipinski definition) is 0. The fraction of sp³-hybridized carbons (Fsp3) is 0.217. The van der Waals surface area contributed by atoms with Gasteiger partial charge in [0.05, 0.1) is 15.5 Å². The van der Waals surface area contributed by atoms with Crippen molar-refractivity contribution in [3.63, 3.8) is 0 Å². The molecule has 7 heteroatoms. The zero-order valence-electron chi connectivity index (χ0n) is 16.9. The van der Waals surface area contributed by atoms with Gasteiger partial charge in [0.15, 0.2) is 9.84 Å². The van der Waals surface area contributed by atoms with Crippen molar-refractivity contribution < 1.29 is 13.2 Å². The Morgan fingerprint density at radius 3 is 2.27 bits per heavy atom. The standard InChI is InChI=1S/C23H23ClN2O3S/c1-3-17-6-8-18(9-7-17)15-26(16-19-5-4-12-25-14-19)23(27)21-13-20(30(2,28)29)10-11-22(21)24/h4-14H,3,15-16H2,1-2H3. The minimum atomic E-state index is -3.47. The van der Waals surface area contributed by atoms with E-state index in [-0.39, 0.29) is 21.4 Å². The lowest BCUT2D eigenvalue weighted by atomic mass is 10.1. The Morgan fingerprint density at radius 2 is 1.67 bits per heavy atom. The van der Waals surface area contributed by atoms with E-state index in [0.717, 1.165) is 23.8 Å². The number of benzene rings is 2. The Morgan fingerprint density at radius 1 is 1.00 bits per heavy atom. The molecular formula is C23H23ClN2O3S. The zero-order chi connectivity index (χ0) is 21.7. The Hall–Kier alpha value is -2.70. The van der Waals surface area contributed by atoms with Gasteiger partial charge in [0.25, 0.3) is 5.91 Å². The highest BCUT2D eigenvalue weighted by atomic mass is 35.5. The van der Waals surface area contributed by atoms with Gasteiger partial charge in [-0.2, -0.15) is 0 Å². The number of rotatable bonds is 7. The molecule has 0 radical (unpaired) electrons. The average Bonchev–Trinajstić information content (AvgIpc) is 2.73. The molecule has 30 heavy (non-hydrogen) atoms. The third kappa shape index (κ3) is 5.46. The highest BCUT2D eigenvalue weighted by molar-refractivity contribution is 7.90. The quantitative estimate of drug-likeness (QED) is 0.538. The number of aryl methyl sites for hydroxylation is 1. The van der Waals surface area contributed by atoms with Crippen LogP contribution in [0.2, 0.25) is 5.02 Å². The molecule has 0 aliphatic heterocycles. The Balaban J connectivity index is 1.97. The zero-order valence-corrected chi connectivity index (χ0v) is 18.4. The van der Waals surface area contributed by atoms with Crippen LogP contribution >= 0.6 is 11.6 Å². The number of carbonyl (C=O) groups is 1. The third-order valence-corrected chi connectivity index (χ3v) is 6.22. The predicted octanol–water partition coefficient (Wildman–Crippen LogP) is 4.54. The molecule has 3 aromatic rings. The molecule has 1 amide bonds. The third-order valence-electron chi connectivity index (χ3n) is 4.78. The molecule has 3 rings (SSSR count). The van der Waals surface area contributed by atoms with Crippen molar-refractivity contribution in [1.82, 2.24) is 9.88 Å². The summed E-state index contributed by atoms with van der Waals surface area (Å²) in [5.74, 6) is -0.339. The van der Waals surface area contributed by atoms with E-state index in [1.807, 2.05) is 36.4 Å². The summed E-state index contributed by atoms with van der Waals surface area (Å²) in [6.07, 6.45) is 5.42. The number of amides is 1. The van der Waals surface area contributed by atoms with Crippen molar-refractivity contribution in [1.29, 1.82) is 0 Å². The largest absolute Gasteiger partial charge is 0.330 e. The van der Waals surface area contributed by atoms with Crippen molar-refractivity contribution in [2.45, 2.75) is 31.3 Å². The van der Waals surface area contributed by atoms with Crippen molar-refractivity contribution in [2.75, 3.05) is 6.26 Å². The van der Waals surface area contributed by atoms with Gasteiger partial charge in [-0.3, -0.25) is 9.78 Å². The number of halogens is 1. The van der Waals surface area contributed by atoms with Crippen LogP contribution in [0.5, 0.6) is 0 Å². The molecule has 1 heterocycles. The minimum absolute atomic E-state index is 0.0591. The van der Waals surface area contributed by atoms with Gasteiger partial charge in [0, 0.05) is 31.7 Å². The number of aromatic nitrogens is 1. The molecule has 0 bridgehead atoms. The van der Waals surface area contributed by atoms with Gasteiger partial charge in [-0.1, -0.05) is 48.9 Å². The summed E-state index contributed by atoms with van der Waals surface area (Å²) in [7, 11) is -3.47. The molecular weight excluding hydrogens is 420 g/mol. The minimum Gasteiger partial charge on any atom is -0.330 e. The van der Waals surface area contributed by atoms with Crippen LogP contribution in [0, 0.1) is 0 Å². The summed E-state index contributed by atoms with van der Waals surface area (Å²) in [5.41, 5.74) is 3.22. The van der Waals surface area contributed by atoms with E-state index in [1.54, 1.807) is 17.3 Å². The van der Waals surface area contributed by atoms with Gasteiger partial charge in [-0.05, 0) is 47.4 Å². The SMILES string of the molecule is CCc1ccc(CN(Cc2cccnc2)C(=O)c2cc(S(C)(=O)=O)ccc2Cl)cc1. The fourth-order valence-electron chi connectivity index (χ4n) is 3.08. The Kier molecular flexibility index (Phi) is 6.90. The first-order valence-corrected chi connectivity index (χ1v) is 11.8. The van der Waals surface area contributed by atoms with Gasteiger partial charge in [-0.25, -0.2) is 8.42 Å². The maximum Gasteiger partial charge on any atom is 0.256 e. The summed E-state index contributed by atoms with van der Waals surface area (Å²) < 4.78 is 23.9. The molecule has 0 atom stereocenters. The molecule has 0 fully saturated rings. The second-order valence-corrected chi connectivity index (χ2v) is 9.53. The molecule has 0 spiro atoms. The molecule has 2 aromatic carbocycles. The number of hydrogen-bond acceptors (Lipinski definition) is 4. The lowest BCUT2D eigenvalue weighted by Crippen LogP contribution is -2.30. The van der Waals surface area contributed by atoms with Gasteiger partial charge in [-0.15, -0.1) is 0 Å². The van der Waals surface area contributed by atoms with E-state index in [4.69, 9.17) is 11.6 Å². The van der Waals surface area contributed by atoms with E-state index in [1.165, 1.54) is 23.8 Å². The van der Waals surface area contributed by atoms with Crippen molar-refractivity contribution in [3.05, 3.63) is 94.3 Å². The van der Waals surface area contributed by atoms with E-state index < -0.39 is 9.84 Å². The van der Waals surface area contributed by atoms with Crippen molar-refractivity contribution >= 4 is 27.3 Å². The van der Waals surface area contributed by atoms with Crippen LogP contribution in [-0.4, -0.2) is 30.5 Å². The number of pyridine rings is 1. The highest BCUT2D eigenvalue weighted by Crippen LogP contribution is 2.24. The maximum absolute atomic E-state index is 13.4. The van der Waals surface area contributed by atoms with Crippen LogP contribution in [0.15, 0.2) is 71.9 Å². The van der Waals surface area contributed by atoms with E-state index in [0.29, 0.717) is 13.1 Å². The van der Waals surface area contributed by atoms with Gasteiger partial charge >= 0.3 is 0 Å². The normalized spacial score (nSPS) is 11.3. The van der Waals surface area contributed by atoms with Crippen molar-refractivity contribution in [2.24, 2.45) is 0 Å². The summed E-state index contributed by atoms with van der Waals surface area (Å²) in [6.45, 7) is 2.77.